The van der Waals surface area contributed by atoms with Gasteiger partial charge >= 0.3 is 0 Å². The molecule has 2 amide bonds. The Hall–Kier alpha value is -1.75. The van der Waals surface area contributed by atoms with Gasteiger partial charge in [-0.05, 0) is 31.4 Å². The molecule has 2 rings (SSSR count). The predicted molar refractivity (Wildman–Crippen MR) is 89.6 cm³/mol. The largest absolute Gasteiger partial charge is 0.482 e. The monoisotopic (exact) mass is 338 g/mol. The minimum Gasteiger partial charge on any atom is -0.482 e. The van der Waals surface area contributed by atoms with E-state index in [-0.39, 0.29) is 24.3 Å². The molecular weight excluding hydrogens is 316 g/mol. The number of likely N-dealkylation sites (tertiary alicyclic amines) is 1. The van der Waals surface area contributed by atoms with Gasteiger partial charge < -0.3 is 15.0 Å². The first-order chi connectivity index (χ1) is 11.1. The van der Waals surface area contributed by atoms with Crippen molar-refractivity contribution in [2.75, 3.05) is 26.2 Å². The Morgan fingerprint density at radius 2 is 2.00 bits per heavy atom. The molecule has 1 N–H and O–H groups in total. The van der Waals surface area contributed by atoms with Crippen molar-refractivity contribution in [1.82, 2.24) is 10.2 Å². The number of carbonyl (C=O) groups excluding carboxylic acids is 2. The zero-order chi connectivity index (χ0) is 16.7. The van der Waals surface area contributed by atoms with Crippen LogP contribution < -0.4 is 10.1 Å². The SMILES string of the molecule is CCCNC(=O)C1CCN(C(=O)COc2ccccc2Cl)CC1. The van der Waals surface area contributed by atoms with Crippen molar-refractivity contribution in [2.24, 2.45) is 5.92 Å². The number of para-hydroxylation sites is 1. The minimum absolute atomic E-state index is 0.00934. The van der Waals surface area contributed by atoms with E-state index in [2.05, 4.69) is 5.32 Å². The molecule has 1 aromatic rings. The lowest BCUT2D eigenvalue weighted by Gasteiger charge is -2.31. The highest BCUT2D eigenvalue weighted by Crippen LogP contribution is 2.23. The van der Waals surface area contributed by atoms with E-state index >= 15 is 0 Å². The number of rotatable bonds is 6. The summed E-state index contributed by atoms with van der Waals surface area (Å²) < 4.78 is 5.48. The van der Waals surface area contributed by atoms with Gasteiger partial charge in [0.1, 0.15) is 5.75 Å². The molecule has 0 atom stereocenters. The number of piperidine rings is 1. The van der Waals surface area contributed by atoms with E-state index < -0.39 is 0 Å². The molecule has 1 saturated heterocycles. The maximum atomic E-state index is 12.2. The number of halogens is 1. The van der Waals surface area contributed by atoms with E-state index in [1.807, 2.05) is 19.1 Å². The molecule has 0 spiro atoms. The summed E-state index contributed by atoms with van der Waals surface area (Å²) in [5, 5.41) is 3.41. The summed E-state index contributed by atoms with van der Waals surface area (Å²) >= 11 is 5.99. The number of hydrogen-bond donors (Lipinski definition) is 1. The van der Waals surface area contributed by atoms with E-state index in [0.29, 0.717) is 43.2 Å². The van der Waals surface area contributed by atoms with Crippen molar-refractivity contribution in [3.63, 3.8) is 0 Å². The van der Waals surface area contributed by atoms with Crippen molar-refractivity contribution < 1.29 is 14.3 Å². The highest BCUT2D eigenvalue weighted by molar-refractivity contribution is 6.32. The van der Waals surface area contributed by atoms with Crippen LogP contribution in [0.25, 0.3) is 0 Å². The first kappa shape index (κ1) is 17.6. The Morgan fingerprint density at radius 3 is 2.65 bits per heavy atom. The van der Waals surface area contributed by atoms with E-state index in [9.17, 15) is 9.59 Å². The lowest BCUT2D eigenvalue weighted by molar-refractivity contribution is -0.137. The second-order valence-electron chi connectivity index (χ2n) is 5.67. The summed E-state index contributed by atoms with van der Waals surface area (Å²) in [4.78, 5) is 25.9. The molecule has 0 radical (unpaired) electrons. The second kappa shape index (κ2) is 8.77. The van der Waals surface area contributed by atoms with Gasteiger partial charge in [0.15, 0.2) is 6.61 Å². The van der Waals surface area contributed by atoms with Crippen LogP contribution in [0.2, 0.25) is 5.02 Å². The van der Waals surface area contributed by atoms with Crippen molar-refractivity contribution >= 4 is 23.4 Å². The number of benzene rings is 1. The van der Waals surface area contributed by atoms with Gasteiger partial charge in [-0.2, -0.15) is 0 Å². The van der Waals surface area contributed by atoms with Crippen LogP contribution in [0.1, 0.15) is 26.2 Å². The fraction of sp³-hybridized carbons (Fsp3) is 0.529. The highest BCUT2D eigenvalue weighted by atomic mass is 35.5. The molecule has 0 saturated carbocycles. The molecule has 1 heterocycles. The molecule has 6 heteroatoms. The fourth-order valence-corrected chi connectivity index (χ4v) is 2.77. The van der Waals surface area contributed by atoms with Crippen LogP contribution in [-0.4, -0.2) is 43.0 Å². The quantitative estimate of drug-likeness (QED) is 0.867. The first-order valence-electron chi connectivity index (χ1n) is 8.04. The van der Waals surface area contributed by atoms with Crippen LogP contribution in [-0.2, 0) is 9.59 Å². The zero-order valence-electron chi connectivity index (χ0n) is 13.4. The standard InChI is InChI=1S/C17H23ClN2O3/c1-2-9-19-17(22)13-7-10-20(11-8-13)16(21)12-23-15-6-4-3-5-14(15)18/h3-6,13H,2,7-12H2,1H3,(H,19,22). The third-order valence-corrected chi connectivity index (χ3v) is 4.27. The molecule has 126 valence electrons. The Morgan fingerprint density at radius 1 is 1.30 bits per heavy atom. The van der Waals surface area contributed by atoms with Crippen molar-refractivity contribution in [3.8, 4) is 5.75 Å². The van der Waals surface area contributed by atoms with Crippen LogP contribution in [0, 0.1) is 5.92 Å². The van der Waals surface area contributed by atoms with Gasteiger partial charge in [0.25, 0.3) is 5.91 Å². The molecule has 1 aliphatic heterocycles. The molecule has 23 heavy (non-hydrogen) atoms. The third kappa shape index (κ3) is 5.13. The fourth-order valence-electron chi connectivity index (χ4n) is 2.58. The Kier molecular flexibility index (Phi) is 6.71. The van der Waals surface area contributed by atoms with Crippen molar-refractivity contribution in [3.05, 3.63) is 29.3 Å². The van der Waals surface area contributed by atoms with Crippen LogP contribution in [0.3, 0.4) is 0 Å². The molecule has 1 aliphatic rings. The van der Waals surface area contributed by atoms with Gasteiger partial charge in [-0.15, -0.1) is 0 Å². The Balaban J connectivity index is 1.75. The minimum atomic E-state index is -0.0719. The van der Waals surface area contributed by atoms with E-state index in [1.165, 1.54) is 0 Å². The summed E-state index contributed by atoms with van der Waals surface area (Å²) in [6, 6.07) is 7.08. The average molecular weight is 339 g/mol. The van der Waals surface area contributed by atoms with Crippen LogP contribution in [0.15, 0.2) is 24.3 Å². The molecule has 1 aromatic carbocycles. The second-order valence-corrected chi connectivity index (χ2v) is 6.07. The summed E-state index contributed by atoms with van der Waals surface area (Å²) in [6.45, 7) is 3.89. The molecule has 5 nitrogen and oxygen atoms in total. The number of carbonyl (C=O) groups is 2. The zero-order valence-corrected chi connectivity index (χ0v) is 14.1. The number of nitrogens with one attached hydrogen (secondary N) is 1. The molecule has 0 aromatic heterocycles. The maximum Gasteiger partial charge on any atom is 0.260 e. The highest BCUT2D eigenvalue weighted by Gasteiger charge is 2.27. The molecule has 0 unspecified atom stereocenters. The van der Waals surface area contributed by atoms with Gasteiger partial charge in [-0.3, -0.25) is 9.59 Å². The summed E-state index contributed by atoms with van der Waals surface area (Å²) in [6.07, 6.45) is 2.34. The molecule has 0 aliphatic carbocycles. The van der Waals surface area contributed by atoms with Crippen LogP contribution in [0.5, 0.6) is 5.75 Å². The number of ether oxygens (including phenoxy) is 1. The summed E-state index contributed by atoms with van der Waals surface area (Å²) in [5.74, 6) is 0.551. The molecule has 1 fully saturated rings. The number of hydrogen-bond acceptors (Lipinski definition) is 3. The van der Waals surface area contributed by atoms with Gasteiger partial charge in [0.2, 0.25) is 5.91 Å². The predicted octanol–water partition coefficient (Wildman–Crippen LogP) is 2.48. The van der Waals surface area contributed by atoms with Crippen LogP contribution in [0.4, 0.5) is 0 Å². The first-order valence-corrected chi connectivity index (χ1v) is 8.42. The third-order valence-electron chi connectivity index (χ3n) is 3.96. The molecular formula is C17H23ClN2O3. The van der Waals surface area contributed by atoms with E-state index in [4.69, 9.17) is 16.3 Å². The topological polar surface area (TPSA) is 58.6 Å². The normalized spacial score (nSPS) is 15.3. The number of nitrogens with zero attached hydrogens (tertiary/aromatic N) is 1. The smallest absolute Gasteiger partial charge is 0.260 e. The lowest BCUT2D eigenvalue weighted by atomic mass is 9.96. The van der Waals surface area contributed by atoms with Gasteiger partial charge in [0.05, 0.1) is 5.02 Å². The van der Waals surface area contributed by atoms with Crippen LogP contribution >= 0.6 is 11.6 Å². The lowest BCUT2D eigenvalue weighted by Crippen LogP contribution is -2.44. The summed E-state index contributed by atoms with van der Waals surface area (Å²) in [7, 11) is 0. The molecule has 0 bridgehead atoms. The van der Waals surface area contributed by atoms with Gasteiger partial charge in [-0.25, -0.2) is 0 Å². The van der Waals surface area contributed by atoms with Gasteiger partial charge in [-0.1, -0.05) is 30.7 Å². The van der Waals surface area contributed by atoms with E-state index in [0.717, 1.165) is 6.42 Å². The van der Waals surface area contributed by atoms with Crippen molar-refractivity contribution in [2.45, 2.75) is 26.2 Å². The van der Waals surface area contributed by atoms with Gasteiger partial charge in [0, 0.05) is 25.6 Å². The maximum absolute atomic E-state index is 12.2. The van der Waals surface area contributed by atoms with Crippen molar-refractivity contribution in [1.29, 1.82) is 0 Å². The Bertz CT molecular complexity index is 542. The number of amides is 2. The summed E-state index contributed by atoms with van der Waals surface area (Å²) in [5.41, 5.74) is 0. The Labute approximate surface area is 141 Å². The van der Waals surface area contributed by atoms with E-state index in [1.54, 1.807) is 17.0 Å². The average Bonchev–Trinajstić information content (AvgIpc) is 2.59.